The van der Waals surface area contributed by atoms with Crippen molar-refractivity contribution in [1.29, 1.82) is 0 Å². The lowest BCUT2D eigenvalue weighted by molar-refractivity contribution is 0.135. The normalized spacial score (nSPS) is 17.5. The van der Waals surface area contributed by atoms with Crippen molar-refractivity contribution in [3.05, 3.63) is 66.9 Å². The highest BCUT2D eigenvalue weighted by atomic mass is 16.5. The fraction of sp³-hybridized carbons (Fsp3) is 0.222. The van der Waals surface area contributed by atoms with E-state index in [4.69, 9.17) is 4.74 Å². The molecule has 0 spiro atoms. The van der Waals surface area contributed by atoms with E-state index in [0.29, 0.717) is 0 Å². The second kappa shape index (κ2) is 6.29. The predicted octanol–water partition coefficient (Wildman–Crippen LogP) is 4.46. The minimum atomic E-state index is 0.286. The molecule has 2 aromatic carbocycles. The Bertz CT molecular complexity index is 560. The van der Waals surface area contributed by atoms with Crippen molar-refractivity contribution in [2.75, 3.05) is 11.9 Å². The van der Waals surface area contributed by atoms with Gasteiger partial charge in [0.05, 0.1) is 12.8 Å². The first-order valence-corrected chi connectivity index (χ1v) is 7.12. The van der Waals surface area contributed by atoms with E-state index in [0.717, 1.165) is 25.1 Å². The molecule has 2 nitrogen and oxygen atoms in total. The zero-order valence-corrected chi connectivity index (χ0v) is 11.5. The highest BCUT2D eigenvalue weighted by Gasteiger charge is 2.10. The van der Waals surface area contributed by atoms with Crippen molar-refractivity contribution in [2.24, 2.45) is 0 Å². The average molecular weight is 265 g/mol. The summed E-state index contributed by atoms with van der Waals surface area (Å²) in [5.74, 6) is 0. The molecule has 1 aliphatic rings. The second-order valence-corrected chi connectivity index (χ2v) is 5.03. The Hall–Kier alpha value is -2.22. The van der Waals surface area contributed by atoms with Crippen LogP contribution in [0.4, 0.5) is 5.69 Å². The van der Waals surface area contributed by atoms with Gasteiger partial charge in [-0.3, -0.25) is 0 Å². The van der Waals surface area contributed by atoms with Crippen LogP contribution < -0.4 is 5.32 Å². The molecule has 1 heterocycles. The first-order valence-electron chi connectivity index (χ1n) is 7.12. The van der Waals surface area contributed by atoms with Gasteiger partial charge in [0.1, 0.15) is 6.10 Å². The lowest BCUT2D eigenvalue weighted by Crippen LogP contribution is -2.22. The van der Waals surface area contributed by atoms with Crippen LogP contribution >= 0.6 is 0 Å². The quantitative estimate of drug-likeness (QED) is 0.881. The molecule has 0 radical (unpaired) electrons. The van der Waals surface area contributed by atoms with Crippen molar-refractivity contribution in [3.8, 4) is 11.1 Å². The van der Waals surface area contributed by atoms with E-state index in [1.54, 1.807) is 0 Å². The molecule has 0 saturated heterocycles. The van der Waals surface area contributed by atoms with Crippen molar-refractivity contribution in [2.45, 2.75) is 18.9 Å². The van der Waals surface area contributed by atoms with Gasteiger partial charge >= 0.3 is 0 Å². The lowest BCUT2D eigenvalue weighted by Gasteiger charge is -2.20. The zero-order valence-electron chi connectivity index (χ0n) is 11.5. The minimum Gasteiger partial charge on any atom is -0.497 e. The summed E-state index contributed by atoms with van der Waals surface area (Å²) in [6, 6.07) is 19.0. The maximum atomic E-state index is 5.55. The van der Waals surface area contributed by atoms with E-state index in [-0.39, 0.29) is 6.10 Å². The molecule has 2 aromatic rings. The van der Waals surface area contributed by atoms with Crippen LogP contribution in [0.5, 0.6) is 0 Å². The van der Waals surface area contributed by atoms with E-state index in [1.807, 2.05) is 12.3 Å². The number of hydrogen-bond donors (Lipinski definition) is 1. The molecule has 2 heteroatoms. The summed E-state index contributed by atoms with van der Waals surface area (Å²) >= 11 is 0. The molecule has 0 saturated carbocycles. The highest BCUT2D eigenvalue weighted by Crippen LogP contribution is 2.21. The maximum absolute atomic E-state index is 5.55. The molecule has 1 aliphatic heterocycles. The van der Waals surface area contributed by atoms with Crippen LogP contribution in [-0.4, -0.2) is 12.6 Å². The zero-order chi connectivity index (χ0) is 13.6. The fourth-order valence-electron chi connectivity index (χ4n) is 2.38. The molecular formula is C18H19NO. The van der Waals surface area contributed by atoms with Crippen LogP contribution in [0.1, 0.15) is 12.8 Å². The first-order chi connectivity index (χ1) is 9.92. The molecule has 1 N–H and O–H groups in total. The van der Waals surface area contributed by atoms with Gasteiger partial charge in [-0.2, -0.15) is 0 Å². The molecule has 0 aliphatic carbocycles. The third-order valence-electron chi connectivity index (χ3n) is 3.55. The largest absolute Gasteiger partial charge is 0.497 e. The number of allylic oxidation sites excluding steroid dienone is 1. The van der Waals surface area contributed by atoms with Crippen LogP contribution in [0.25, 0.3) is 11.1 Å². The van der Waals surface area contributed by atoms with Gasteiger partial charge in [0.25, 0.3) is 0 Å². The second-order valence-electron chi connectivity index (χ2n) is 5.03. The van der Waals surface area contributed by atoms with Crippen molar-refractivity contribution >= 4 is 5.69 Å². The standard InChI is InChI=1S/C18H19NO/c1-2-6-15(7-3-1)16-9-11-17(12-10-16)19-14-18-8-4-5-13-20-18/h1-3,5-7,9-13,18-19H,4,8,14H2. The van der Waals surface area contributed by atoms with E-state index in [1.165, 1.54) is 11.1 Å². The van der Waals surface area contributed by atoms with Crippen LogP contribution in [0.15, 0.2) is 66.9 Å². The van der Waals surface area contributed by atoms with Crippen LogP contribution in [0.3, 0.4) is 0 Å². The van der Waals surface area contributed by atoms with Gasteiger partial charge in [-0.05, 0) is 42.2 Å². The fourth-order valence-corrected chi connectivity index (χ4v) is 2.38. The molecule has 1 atom stereocenters. The molecule has 102 valence electrons. The molecular weight excluding hydrogens is 246 g/mol. The monoisotopic (exact) mass is 265 g/mol. The smallest absolute Gasteiger partial charge is 0.115 e. The van der Waals surface area contributed by atoms with Gasteiger partial charge in [-0.15, -0.1) is 0 Å². The van der Waals surface area contributed by atoms with Gasteiger partial charge in [-0.1, -0.05) is 42.5 Å². The van der Waals surface area contributed by atoms with Crippen LogP contribution in [0.2, 0.25) is 0 Å². The highest BCUT2D eigenvalue weighted by molar-refractivity contribution is 5.65. The summed E-state index contributed by atoms with van der Waals surface area (Å²) in [7, 11) is 0. The summed E-state index contributed by atoms with van der Waals surface area (Å²) in [6.07, 6.45) is 6.37. The number of hydrogen-bond acceptors (Lipinski definition) is 2. The Morgan fingerprint density at radius 3 is 2.40 bits per heavy atom. The first kappa shape index (κ1) is 12.8. The molecule has 3 rings (SSSR count). The number of rotatable bonds is 4. The van der Waals surface area contributed by atoms with Crippen molar-refractivity contribution < 1.29 is 4.74 Å². The summed E-state index contributed by atoms with van der Waals surface area (Å²) in [4.78, 5) is 0. The maximum Gasteiger partial charge on any atom is 0.115 e. The third-order valence-corrected chi connectivity index (χ3v) is 3.55. The predicted molar refractivity (Wildman–Crippen MR) is 83.6 cm³/mol. The Labute approximate surface area is 120 Å². The Morgan fingerprint density at radius 2 is 1.70 bits per heavy atom. The van der Waals surface area contributed by atoms with Crippen molar-refractivity contribution in [1.82, 2.24) is 0 Å². The molecule has 0 bridgehead atoms. The lowest BCUT2D eigenvalue weighted by atomic mass is 10.1. The van der Waals surface area contributed by atoms with Gasteiger partial charge in [0.2, 0.25) is 0 Å². The molecule has 1 unspecified atom stereocenters. The number of benzene rings is 2. The summed E-state index contributed by atoms with van der Waals surface area (Å²) in [5, 5.41) is 3.43. The summed E-state index contributed by atoms with van der Waals surface area (Å²) < 4.78 is 5.55. The molecule has 0 amide bonds. The van der Waals surface area contributed by atoms with Gasteiger partial charge in [-0.25, -0.2) is 0 Å². The van der Waals surface area contributed by atoms with E-state index >= 15 is 0 Å². The number of ether oxygens (including phenoxy) is 1. The minimum absolute atomic E-state index is 0.286. The van der Waals surface area contributed by atoms with Gasteiger partial charge in [0, 0.05) is 5.69 Å². The topological polar surface area (TPSA) is 21.3 Å². The van der Waals surface area contributed by atoms with E-state index in [2.05, 4.69) is 59.9 Å². The van der Waals surface area contributed by atoms with Gasteiger partial charge < -0.3 is 10.1 Å². The number of anilines is 1. The molecule has 0 aromatic heterocycles. The SMILES string of the molecule is C1=COC(CNc2ccc(-c3ccccc3)cc2)CC1. The van der Waals surface area contributed by atoms with E-state index < -0.39 is 0 Å². The molecule has 20 heavy (non-hydrogen) atoms. The van der Waals surface area contributed by atoms with Crippen molar-refractivity contribution in [3.63, 3.8) is 0 Å². The molecule has 0 fully saturated rings. The average Bonchev–Trinajstić information content (AvgIpc) is 2.55. The van der Waals surface area contributed by atoms with Crippen LogP contribution in [0, 0.1) is 0 Å². The Kier molecular flexibility index (Phi) is 4.02. The van der Waals surface area contributed by atoms with E-state index in [9.17, 15) is 0 Å². The Balaban J connectivity index is 1.60. The summed E-state index contributed by atoms with van der Waals surface area (Å²) in [5.41, 5.74) is 3.63. The Morgan fingerprint density at radius 1 is 0.950 bits per heavy atom. The third kappa shape index (κ3) is 3.21. The summed E-state index contributed by atoms with van der Waals surface area (Å²) in [6.45, 7) is 0.856. The van der Waals surface area contributed by atoms with Crippen LogP contribution in [-0.2, 0) is 4.74 Å². The number of nitrogens with one attached hydrogen (secondary N) is 1. The van der Waals surface area contributed by atoms with Gasteiger partial charge in [0.15, 0.2) is 0 Å².